The fourth-order valence-electron chi connectivity index (χ4n) is 3.72. The van der Waals surface area contributed by atoms with Crippen molar-refractivity contribution in [2.75, 3.05) is 31.1 Å². The topological polar surface area (TPSA) is 65.5 Å². The van der Waals surface area contributed by atoms with Crippen LogP contribution in [0.25, 0.3) is 0 Å². The molecule has 1 aliphatic rings. The van der Waals surface area contributed by atoms with Crippen molar-refractivity contribution >= 4 is 17.6 Å². The molecular weight excluding hydrogens is 383 g/mol. The zero-order valence-corrected chi connectivity index (χ0v) is 17.6. The number of pyridine rings is 1. The van der Waals surface area contributed by atoms with Gasteiger partial charge in [-0.2, -0.15) is 0 Å². The highest BCUT2D eigenvalue weighted by molar-refractivity contribution is 5.95. The van der Waals surface area contributed by atoms with Gasteiger partial charge in [0.1, 0.15) is 11.6 Å². The SMILES string of the molecule is CCCN(CC)c1ccc(C(=O)N2CCC(NC(=O)c3ccccc3F)CC2)cn1. The first-order valence-electron chi connectivity index (χ1n) is 10.6. The Morgan fingerprint density at radius 1 is 1.17 bits per heavy atom. The second-order valence-electron chi connectivity index (χ2n) is 7.50. The van der Waals surface area contributed by atoms with Crippen molar-refractivity contribution in [2.45, 2.75) is 39.2 Å². The lowest BCUT2D eigenvalue weighted by molar-refractivity contribution is 0.0697. The summed E-state index contributed by atoms with van der Waals surface area (Å²) in [5.41, 5.74) is 0.617. The molecule has 0 radical (unpaired) electrons. The van der Waals surface area contributed by atoms with Crippen LogP contribution in [0.4, 0.5) is 10.2 Å². The Kier molecular flexibility index (Phi) is 7.38. The van der Waals surface area contributed by atoms with Crippen LogP contribution in [0.15, 0.2) is 42.6 Å². The normalized spacial score (nSPS) is 14.4. The van der Waals surface area contributed by atoms with Gasteiger partial charge in [0.25, 0.3) is 11.8 Å². The molecule has 160 valence electrons. The smallest absolute Gasteiger partial charge is 0.255 e. The molecule has 0 bridgehead atoms. The van der Waals surface area contributed by atoms with E-state index < -0.39 is 11.7 Å². The van der Waals surface area contributed by atoms with Gasteiger partial charge in [-0.3, -0.25) is 9.59 Å². The van der Waals surface area contributed by atoms with E-state index in [2.05, 4.69) is 29.0 Å². The van der Waals surface area contributed by atoms with Crippen molar-refractivity contribution in [2.24, 2.45) is 0 Å². The van der Waals surface area contributed by atoms with Gasteiger partial charge in [0.05, 0.1) is 11.1 Å². The predicted molar refractivity (Wildman–Crippen MR) is 115 cm³/mol. The van der Waals surface area contributed by atoms with Gasteiger partial charge >= 0.3 is 0 Å². The highest BCUT2D eigenvalue weighted by Crippen LogP contribution is 2.17. The molecule has 1 fully saturated rings. The zero-order valence-electron chi connectivity index (χ0n) is 17.6. The lowest BCUT2D eigenvalue weighted by atomic mass is 10.0. The van der Waals surface area contributed by atoms with E-state index in [4.69, 9.17) is 0 Å². The van der Waals surface area contributed by atoms with Crippen LogP contribution in [0.1, 0.15) is 53.8 Å². The summed E-state index contributed by atoms with van der Waals surface area (Å²) >= 11 is 0. The minimum atomic E-state index is -0.529. The maximum atomic E-state index is 13.8. The Hall–Kier alpha value is -2.96. The molecule has 6 nitrogen and oxygen atoms in total. The summed E-state index contributed by atoms with van der Waals surface area (Å²) < 4.78 is 13.8. The van der Waals surface area contributed by atoms with E-state index in [1.165, 1.54) is 12.1 Å². The summed E-state index contributed by atoms with van der Waals surface area (Å²) in [4.78, 5) is 33.5. The average Bonchev–Trinajstić information content (AvgIpc) is 2.78. The number of carbonyl (C=O) groups is 2. The maximum Gasteiger partial charge on any atom is 0.255 e. The molecule has 1 N–H and O–H groups in total. The fraction of sp³-hybridized carbons (Fsp3) is 0.435. The van der Waals surface area contributed by atoms with Crippen LogP contribution in [0, 0.1) is 5.82 Å². The molecule has 1 aromatic heterocycles. The van der Waals surface area contributed by atoms with Gasteiger partial charge < -0.3 is 15.1 Å². The molecule has 3 rings (SSSR count). The average molecular weight is 413 g/mol. The van der Waals surface area contributed by atoms with Crippen LogP contribution in [-0.2, 0) is 0 Å². The number of hydrogen-bond acceptors (Lipinski definition) is 4. The fourth-order valence-corrected chi connectivity index (χ4v) is 3.72. The number of carbonyl (C=O) groups excluding carboxylic acids is 2. The molecule has 0 unspecified atom stereocenters. The molecule has 1 aromatic carbocycles. The number of hydrogen-bond donors (Lipinski definition) is 1. The maximum absolute atomic E-state index is 13.8. The van der Waals surface area contributed by atoms with E-state index in [-0.39, 0.29) is 17.5 Å². The van der Waals surface area contributed by atoms with Gasteiger partial charge in [0, 0.05) is 38.4 Å². The van der Waals surface area contributed by atoms with Gasteiger partial charge in [-0.05, 0) is 50.5 Å². The number of amides is 2. The first kappa shape index (κ1) is 21.7. The van der Waals surface area contributed by atoms with Crippen molar-refractivity contribution in [1.82, 2.24) is 15.2 Å². The second-order valence-corrected chi connectivity index (χ2v) is 7.50. The predicted octanol–water partition coefficient (Wildman–Crippen LogP) is 3.49. The third-order valence-corrected chi connectivity index (χ3v) is 5.43. The Balaban J connectivity index is 1.54. The molecule has 0 spiro atoms. The number of piperidine rings is 1. The van der Waals surface area contributed by atoms with Crippen molar-refractivity contribution in [3.8, 4) is 0 Å². The first-order valence-corrected chi connectivity index (χ1v) is 10.6. The Morgan fingerprint density at radius 3 is 2.50 bits per heavy atom. The van der Waals surface area contributed by atoms with Gasteiger partial charge in [-0.15, -0.1) is 0 Å². The highest BCUT2D eigenvalue weighted by atomic mass is 19.1. The summed E-state index contributed by atoms with van der Waals surface area (Å²) in [5, 5.41) is 2.88. The lowest BCUT2D eigenvalue weighted by Crippen LogP contribution is -2.46. The van der Waals surface area contributed by atoms with E-state index >= 15 is 0 Å². The standard InChI is InChI=1S/C23H29FN4O2/c1-3-13-27(4-2)21-10-9-17(16-25-21)23(30)28-14-11-18(12-15-28)26-22(29)19-7-5-6-8-20(19)24/h5-10,16,18H,3-4,11-15H2,1-2H3,(H,26,29). The number of nitrogens with zero attached hydrogens (tertiary/aromatic N) is 3. The molecule has 7 heteroatoms. The van der Waals surface area contributed by atoms with Gasteiger partial charge in [-0.25, -0.2) is 9.37 Å². The van der Waals surface area contributed by atoms with Gasteiger partial charge in [0.2, 0.25) is 0 Å². The van der Waals surface area contributed by atoms with Crippen LogP contribution < -0.4 is 10.2 Å². The van der Waals surface area contributed by atoms with Gasteiger partial charge in [0.15, 0.2) is 0 Å². The van der Waals surface area contributed by atoms with Crippen molar-refractivity contribution in [3.63, 3.8) is 0 Å². The van der Waals surface area contributed by atoms with Crippen molar-refractivity contribution in [1.29, 1.82) is 0 Å². The Labute approximate surface area is 177 Å². The summed E-state index contributed by atoms with van der Waals surface area (Å²) in [7, 11) is 0. The van der Waals surface area contributed by atoms with E-state index in [1.807, 2.05) is 12.1 Å². The highest BCUT2D eigenvalue weighted by Gasteiger charge is 2.25. The molecule has 0 aliphatic carbocycles. The molecule has 1 aliphatic heterocycles. The first-order chi connectivity index (χ1) is 14.5. The van der Waals surface area contributed by atoms with Crippen LogP contribution in [0.2, 0.25) is 0 Å². The molecule has 30 heavy (non-hydrogen) atoms. The molecule has 0 saturated carbocycles. The Bertz CT molecular complexity index is 864. The summed E-state index contributed by atoms with van der Waals surface area (Å²) in [5.74, 6) is -0.110. The quantitative estimate of drug-likeness (QED) is 0.756. The number of halogens is 1. The second kappa shape index (κ2) is 10.2. The minimum absolute atomic E-state index is 0.0476. The number of anilines is 1. The van der Waals surface area contributed by atoms with E-state index in [0.717, 1.165) is 25.3 Å². The van der Waals surface area contributed by atoms with Crippen molar-refractivity contribution in [3.05, 3.63) is 59.5 Å². The monoisotopic (exact) mass is 412 g/mol. The molecule has 2 aromatic rings. The molecule has 2 amide bonds. The molecule has 2 heterocycles. The lowest BCUT2D eigenvalue weighted by Gasteiger charge is -2.32. The summed E-state index contributed by atoms with van der Waals surface area (Å²) in [6.45, 7) is 7.11. The minimum Gasteiger partial charge on any atom is -0.357 e. The molecule has 1 saturated heterocycles. The van der Waals surface area contributed by atoms with Crippen LogP contribution in [0.5, 0.6) is 0 Å². The van der Waals surface area contributed by atoms with E-state index in [9.17, 15) is 14.0 Å². The summed E-state index contributed by atoms with van der Waals surface area (Å²) in [6.07, 6.45) is 3.95. The van der Waals surface area contributed by atoms with Crippen LogP contribution in [-0.4, -0.2) is 53.9 Å². The number of benzene rings is 1. The largest absolute Gasteiger partial charge is 0.357 e. The van der Waals surface area contributed by atoms with Crippen LogP contribution >= 0.6 is 0 Å². The van der Waals surface area contributed by atoms with Crippen LogP contribution in [0.3, 0.4) is 0 Å². The van der Waals surface area contributed by atoms with Gasteiger partial charge in [-0.1, -0.05) is 19.1 Å². The third-order valence-electron chi connectivity index (χ3n) is 5.43. The zero-order chi connectivity index (χ0) is 21.5. The molecular formula is C23H29FN4O2. The molecule has 0 atom stereocenters. The third kappa shape index (κ3) is 5.14. The summed E-state index contributed by atoms with van der Waals surface area (Å²) in [6, 6.07) is 9.59. The number of aromatic nitrogens is 1. The number of rotatable bonds is 7. The number of likely N-dealkylation sites (tertiary alicyclic amines) is 1. The number of nitrogens with one attached hydrogen (secondary N) is 1. The van der Waals surface area contributed by atoms with E-state index in [1.54, 1.807) is 23.2 Å². The Morgan fingerprint density at radius 2 is 1.90 bits per heavy atom. The van der Waals surface area contributed by atoms with Crippen molar-refractivity contribution < 1.29 is 14.0 Å². The van der Waals surface area contributed by atoms with E-state index in [0.29, 0.717) is 31.5 Å².